The van der Waals surface area contributed by atoms with Crippen molar-refractivity contribution >= 4 is 12.6 Å². The molecule has 0 bridgehead atoms. The summed E-state index contributed by atoms with van der Waals surface area (Å²) in [4.78, 5) is 4.84. The van der Waals surface area contributed by atoms with Gasteiger partial charge in [-0.05, 0) is 6.54 Å². The number of thiol groups is 1. The van der Waals surface area contributed by atoms with Crippen LogP contribution in [0.25, 0.3) is 0 Å². The molecule has 3 heteroatoms. The summed E-state index contributed by atoms with van der Waals surface area (Å²) in [5.41, 5.74) is 0. The van der Waals surface area contributed by atoms with Crippen molar-refractivity contribution in [1.29, 1.82) is 0 Å². The van der Waals surface area contributed by atoms with Gasteiger partial charge in [-0.15, -0.1) is 0 Å². The third-order valence-corrected chi connectivity index (χ3v) is 2.51. The third-order valence-electron chi connectivity index (χ3n) is 2.11. The van der Waals surface area contributed by atoms with E-state index in [0.29, 0.717) is 0 Å². The average Bonchev–Trinajstić information content (AvgIpc) is 2.05. The van der Waals surface area contributed by atoms with Gasteiger partial charge in [0.05, 0.1) is 0 Å². The van der Waals surface area contributed by atoms with Crippen LogP contribution in [0.5, 0.6) is 0 Å². The van der Waals surface area contributed by atoms with Gasteiger partial charge in [-0.25, -0.2) is 0 Å². The molecule has 0 spiro atoms. The van der Waals surface area contributed by atoms with E-state index < -0.39 is 0 Å². The molecule has 1 aliphatic rings. The highest BCUT2D eigenvalue weighted by Gasteiger charge is 2.12. The van der Waals surface area contributed by atoms with Crippen LogP contribution in [0.3, 0.4) is 0 Å². The quantitative estimate of drug-likeness (QED) is 0.588. The first kappa shape index (κ1) is 8.37. The van der Waals surface area contributed by atoms with Crippen molar-refractivity contribution in [3.8, 4) is 0 Å². The Balaban J connectivity index is 2.17. The maximum Gasteiger partial charge on any atom is 0.0415 e. The predicted molar refractivity (Wildman–Crippen MR) is 47.5 cm³/mol. The first-order valence-corrected chi connectivity index (χ1v) is 4.55. The van der Waals surface area contributed by atoms with Gasteiger partial charge in [-0.2, -0.15) is 12.6 Å². The molecule has 1 heterocycles. The van der Waals surface area contributed by atoms with E-state index in [1.54, 1.807) is 0 Å². The Morgan fingerprint density at radius 3 is 2.00 bits per heavy atom. The largest absolute Gasteiger partial charge is 0.301 e. The van der Waals surface area contributed by atoms with Gasteiger partial charge in [0.1, 0.15) is 0 Å². The fourth-order valence-electron chi connectivity index (χ4n) is 1.25. The van der Waals surface area contributed by atoms with Crippen molar-refractivity contribution in [3.63, 3.8) is 0 Å². The van der Waals surface area contributed by atoms with Crippen LogP contribution in [-0.2, 0) is 0 Å². The molecule has 0 saturated carbocycles. The minimum absolute atomic E-state index is 0.914. The topological polar surface area (TPSA) is 6.48 Å². The highest BCUT2D eigenvalue weighted by Crippen LogP contribution is 2.00. The van der Waals surface area contributed by atoms with Crippen LogP contribution in [0.1, 0.15) is 6.92 Å². The first-order valence-electron chi connectivity index (χ1n) is 3.92. The van der Waals surface area contributed by atoms with Crippen LogP contribution in [0, 0.1) is 0 Å². The molecular weight excluding hydrogens is 144 g/mol. The Morgan fingerprint density at radius 2 is 1.60 bits per heavy atom. The monoisotopic (exact) mass is 160 g/mol. The standard InChI is InChI=1S/C7H16N2S/c1-2-8-3-5-9(7-10)6-4-8/h10H,2-7H2,1H3. The number of hydrogen-bond donors (Lipinski definition) is 1. The van der Waals surface area contributed by atoms with Gasteiger partial charge in [-0.1, -0.05) is 6.92 Å². The summed E-state index contributed by atoms with van der Waals surface area (Å²) < 4.78 is 0. The molecule has 60 valence electrons. The molecule has 0 aliphatic carbocycles. The lowest BCUT2D eigenvalue weighted by Crippen LogP contribution is -2.45. The zero-order chi connectivity index (χ0) is 7.40. The average molecular weight is 160 g/mol. The van der Waals surface area contributed by atoms with Gasteiger partial charge in [0.25, 0.3) is 0 Å². The second-order valence-corrected chi connectivity index (χ2v) is 2.98. The highest BCUT2D eigenvalue weighted by atomic mass is 32.1. The van der Waals surface area contributed by atoms with Gasteiger partial charge < -0.3 is 4.90 Å². The molecule has 1 rings (SSSR count). The molecule has 0 aromatic rings. The number of likely N-dealkylation sites (N-methyl/N-ethyl adjacent to an activating group) is 1. The number of nitrogens with zero attached hydrogens (tertiary/aromatic N) is 2. The van der Waals surface area contributed by atoms with E-state index in [2.05, 4.69) is 29.4 Å². The van der Waals surface area contributed by atoms with E-state index >= 15 is 0 Å². The third kappa shape index (κ3) is 2.15. The highest BCUT2D eigenvalue weighted by molar-refractivity contribution is 7.80. The van der Waals surface area contributed by atoms with Crippen molar-refractivity contribution in [2.45, 2.75) is 6.92 Å². The smallest absolute Gasteiger partial charge is 0.0415 e. The molecule has 0 amide bonds. The van der Waals surface area contributed by atoms with Crippen molar-refractivity contribution in [1.82, 2.24) is 9.80 Å². The van der Waals surface area contributed by atoms with Crippen LogP contribution in [0.15, 0.2) is 0 Å². The Kier molecular flexibility index (Phi) is 3.52. The minimum atomic E-state index is 0.914. The minimum Gasteiger partial charge on any atom is -0.301 e. The molecule has 0 aromatic heterocycles. The van der Waals surface area contributed by atoms with Crippen molar-refractivity contribution < 1.29 is 0 Å². The molecule has 0 N–H and O–H groups in total. The van der Waals surface area contributed by atoms with E-state index in [4.69, 9.17) is 0 Å². The zero-order valence-electron chi connectivity index (χ0n) is 6.58. The maximum atomic E-state index is 4.23. The molecule has 2 nitrogen and oxygen atoms in total. The normalized spacial score (nSPS) is 23.4. The summed E-state index contributed by atoms with van der Waals surface area (Å²) in [7, 11) is 0. The van der Waals surface area contributed by atoms with Gasteiger partial charge in [0.15, 0.2) is 0 Å². The summed E-state index contributed by atoms with van der Waals surface area (Å²) in [5, 5.41) is 0. The Bertz CT molecular complexity index is 77.6. The molecule has 10 heavy (non-hydrogen) atoms. The molecule has 1 fully saturated rings. The van der Waals surface area contributed by atoms with E-state index in [1.807, 2.05) is 0 Å². The number of rotatable bonds is 2. The zero-order valence-corrected chi connectivity index (χ0v) is 7.48. The van der Waals surface area contributed by atoms with Crippen LogP contribution in [0.2, 0.25) is 0 Å². The summed E-state index contributed by atoms with van der Waals surface area (Å²) in [6.45, 7) is 8.24. The van der Waals surface area contributed by atoms with Crippen LogP contribution in [0.4, 0.5) is 0 Å². The fourth-order valence-corrected chi connectivity index (χ4v) is 1.53. The van der Waals surface area contributed by atoms with E-state index in [-0.39, 0.29) is 0 Å². The lowest BCUT2D eigenvalue weighted by Gasteiger charge is -2.32. The summed E-state index contributed by atoms with van der Waals surface area (Å²) >= 11 is 4.23. The van der Waals surface area contributed by atoms with Crippen molar-refractivity contribution in [3.05, 3.63) is 0 Å². The molecule has 0 unspecified atom stereocenters. The predicted octanol–water partition coefficient (Wildman–Crippen LogP) is 0.511. The van der Waals surface area contributed by atoms with Gasteiger partial charge in [0, 0.05) is 32.1 Å². The Morgan fingerprint density at radius 1 is 1.10 bits per heavy atom. The summed E-state index contributed by atoms with van der Waals surface area (Å²) in [6.07, 6.45) is 0. The summed E-state index contributed by atoms with van der Waals surface area (Å²) in [6, 6.07) is 0. The SMILES string of the molecule is CCN1CCN(CS)CC1. The second-order valence-electron chi connectivity index (χ2n) is 2.69. The van der Waals surface area contributed by atoms with Gasteiger partial charge in [0.2, 0.25) is 0 Å². The number of hydrogen-bond acceptors (Lipinski definition) is 3. The van der Waals surface area contributed by atoms with Crippen molar-refractivity contribution in [2.75, 3.05) is 38.6 Å². The maximum absolute atomic E-state index is 4.23. The molecule has 0 radical (unpaired) electrons. The Labute approximate surface area is 68.6 Å². The molecule has 0 atom stereocenters. The second kappa shape index (κ2) is 4.21. The Hall–Kier alpha value is 0.270. The van der Waals surface area contributed by atoms with Crippen molar-refractivity contribution in [2.24, 2.45) is 0 Å². The molecular formula is C7H16N2S. The van der Waals surface area contributed by atoms with Gasteiger partial charge >= 0.3 is 0 Å². The van der Waals surface area contributed by atoms with E-state index in [1.165, 1.54) is 32.7 Å². The molecule has 0 aromatic carbocycles. The number of piperazine rings is 1. The molecule has 1 saturated heterocycles. The summed E-state index contributed by atoms with van der Waals surface area (Å²) in [5.74, 6) is 0.914. The first-order chi connectivity index (χ1) is 4.86. The lowest BCUT2D eigenvalue weighted by molar-refractivity contribution is 0.155. The lowest BCUT2D eigenvalue weighted by atomic mass is 10.3. The van der Waals surface area contributed by atoms with E-state index in [0.717, 1.165) is 5.88 Å². The van der Waals surface area contributed by atoms with Crippen LogP contribution in [-0.4, -0.2) is 48.4 Å². The van der Waals surface area contributed by atoms with Gasteiger partial charge in [-0.3, -0.25) is 4.90 Å². The van der Waals surface area contributed by atoms with E-state index in [9.17, 15) is 0 Å². The van der Waals surface area contributed by atoms with Crippen LogP contribution < -0.4 is 0 Å². The molecule has 1 aliphatic heterocycles. The van der Waals surface area contributed by atoms with Crippen LogP contribution >= 0.6 is 12.6 Å². The fraction of sp³-hybridized carbons (Fsp3) is 1.00.